The largest absolute Gasteiger partial charge is 0.507 e. The van der Waals surface area contributed by atoms with Crippen LogP contribution < -0.4 is 30.6 Å². The number of aliphatic hydroxyl groups excluding tert-OH is 14. The first-order chi connectivity index (χ1) is 66.1. The highest BCUT2D eigenvalue weighted by molar-refractivity contribution is 7.89. The number of allylic oxidation sites excluding steroid dienone is 6. The van der Waals surface area contributed by atoms with E-state index in [9.17, 15) is 109 Å². The number of primary amides is 1. The molecule has 0 radical (unpaired) electrons. The number of aliphatic hydroxyl groups is 14. The number of nitrogens with zero attached hydrogens (tertiary/aromatic N) is 9. The van der Waals surface area contributed by atoms with Gasteiger partial charge in [0.25, 0.3) is 20.1 Å². The van der Waals surface area contributed by atoms with Crippen LogP contribution in [0.25, 0.3) is 5.57 Å². The molecule has 2 amide bonds. The highest BCUT2D eigenvalue weighted by atomic mass is 35.5. The number of carboxylic acids is 1. The van der Waals surface area contributed by atoms with E-state index in [0.717, 1.165) is 76.0 Å². The van der Waals surface area contributed by atoms with Gasteiger partial charge in [-0.15, -0.1) is 0 Å². The summed E-state index contributed by atoms with van der Waals surface area (Å²) in [5.41, 5.74) is 9.57. The second-order valence-electron chi connectivity index (χ2n) is 35.0. The summed E-state index contributed by atoms with van der Waals surface area (Å²) < 4.78 is 103. The monoisotopic (exact) mass is 2010 g/mol. The highest BCUT2D eigenvalue weighted by Crippen LogP contribution is 2.52. The molecule has 744 valence electrons. The zero-order valence-electron chi connectivity index (χ0n) is 75.4. The van der Waals surface area contributed by atoms with Crippen LogP contribution >= 0.6 is 23.2 Å². The lowest BCUT2D eigenvalue weighted by Crippen LogP contribution is -2.64. The molecule has 2 aliphatic carbocycles. The molecule has 6 aromatic carbocycles. The Morgan fingerprint density at radius 3 is 1.90 bits per heavy atom. The molecule has 8 heterocycles. The van der Waals surface area contributed by atoms with Gasteiger partial charge in [0.1, 0.15) is 59.9 Å². The molecule has 0 spiro atoms. The van der Waals surface area contributed by atoms with Crippen molar-refractivity contribution in [1.82, 2.24) is 9.21 Å². The van der Waals surface area contributed by atoms with Crippen LogP contribution in [0.4, 0.5) is 11.4 Å². The Kier molecular flexibility index (Phi) is 30.7. The number of aliphatic carboxylic acids is 1. The van der Waals surface area contributed by atoms with Crippen molar-refractivity contribution in [2.75, 3.05) is 37.4 Å². The fourth-order valence-corrected chi connectivity index (χ4v) is 19.6. The zero-order chi connectivity index (χ0) is 101. The predicted molar refractivity (Wildman–Crippen MR) is 507 cm³/mol. The summed E-state index contributed by atoms with van der Waals surface area (Å²) >= 11 is 14.4. The average Bonchev–Trinajstić information content (AvgIpc) is 0.736. The van der Waals surface area contributed by atoms with Crippen molar-refractivity contribution in [2.45, 2.75) is 187 Å². The zero-order valence-corrected chi connectivity index (χ0v) is 78.6. The molecule has 20 N–H and O–H groups in total. The minimum Gasteiger partial charge on any atom is -0.507 e. The van der Waals surface area contributed by atoms with E-state index in [1.807, 2.05) is 0 Å². The summed E-state index contributed by atoms with van der Waals surface area (Å²) in [7, 11) is -7.91. The molecule has 16 rings (SSSR count). The topological polar surface area (TPSA) is 669 Å². The number of sulfonamides is 1. The van der Waals surface area contributed by atoms with Crippen LogP contribution in [-0.2, 0) is 58.3 Å². The first-order valence-corrected chi connectivity index (χ1v) is 47.6. The third-order valence-corrected chi connectivity index (χ3v) is 27.6. The Morgan fingerprint density at radius 2 is 1.31 bits per heavy atom. The number of anilines is 2. The molecule has 0 aromatic heterocycles. The number of hydrogen-bond acceptors (Lipinski definition) is 31. The molecule has 11 bridgehead atoms. The normalized spacial score (nSPS) is 26.9. The van der Waals surface area contributed by atoms with E-state index < -0.39 is 310 Å². The number of aliphatic imine (C=N–C) groups is 6. The summed E-state index contributed by atoms with van der Waals surface area (Å²) in [6.45, 7) is 6.48. The summed E-state index contributed by atoms with van der Waals surface area (Å²) in [6.07, 6.45) is -16.9. The Morgan fingerprint density at radius 1 is 0.707 bits per heavy atom. The van der Waals surface area contributed by atoms with Gasteiger partial charge in [-0.1, -0.05) is 109 Å². The molecule has 42 nitrogen and oxygen atoms in total. The van der Waals surface area contributed by atoms with Crippen LogP contribution in [0.2, 0.25) is 10.0 Å². The predicted octanol–water partition coefficient (Wildman–Crippen LogP) is 8.35. The van der Waals surface area contributed by atoms with Gasteiger partial charge < -0.3 is 126 Å². The number of carboxylic acid groups (broad SMARTS) is 1. The molecule has 140 heavy (non-hydrogen) atoms. The van der Waals surface area contributed by atoms with Gasteiger partial charge in [-0.05, 0) is 147 Å². The minimum atomic E-state index is -4.77. The maximum absolute atomic E-state index is 15.2. The van der Waals surface area contributed by atoms with Gasteiger partial charge >= 0.3 is 5.97 Å². The van der Waals surface area contributed by atoms with E-state index in [1.165, 1.54) is 33.0 Å². The molecule has 2 fully saturated rings. The maximum atomic E-state index is 15.2. The van der Waals surface area contributed by atoms with E-state index in [0.29, 0.717) is 40.2 Å². The fraction of sp³-hybridized carbons (Fsp3) is 0.372. The van der Waals surface area contributed by atoms with Crippen molar-refractivity contribution in [1.29, 1.82) is 0 Å². The molecule has 6 aromatic rings. The third kappa shape index (κ3) is 21.9. The van der Waals surface area contributed by atoms with Crippen LogP contribution in [0.3, 0.4) is 0 Å². The van der Waals surface area contributed by atoms with Crippen LogP contribution in [0.5, 0.6) is 28.7 Å². The standard InChI is InChI=1S/C94H101Cl2N11O31S2/c1-42(2)31-60(105(6)69(113)17-11-29-107(140(131,132)50-23-18-43(3)19-24-50)91(125)72-51-13-7-9-15-58(51)106(28-12-30-139(128,129)130)59-16-10-8-14-52(59)72)86(120)103-76-78(114)46-21-26-63(55(95)33-46)134-65-35-48-36-66(82(65)138-93-83(81(117)80(116)67(41-108)136-93)137-70-40-94(5,98)84(118)44(4)133-70)135-64-27-22-47(34-56(64)96)79(115)77-90(124)102-75(92(126)127)54-37-49(109)38-62(111)71(54)53-32-45(20-25-61(53)110)73(87(121)104-77)101-88(122)74(48)100-85(119)57(39-68(97)112)99-89(76)123/h7-10,13-16,18-27,32-38,42,44,57,60,67,70,73-81,83-84,93,108,111,114-118,125H,11-12,17,28-31,39-41,98H2,1-6H3,(H2,97,112)(H,99,123)(H,100,119)(H,101,122)(H,102,124)(H,103,120)(H,104,121)(H,126,127)(H,128,129,130)/b71-53-/t44-,57-,60+,67+,70-,73+,74+,75-,76+,77-,78+,79+,80+,81-,83+,84+,93-,94-/m0/s1. The number of halogens is 2. The first-order valence-electron chi connectivity index (χ1n) is 43.8. The molecule has 0 unspecified atom stereocenters. The number of hydrogen-bond donors (Lipinski definition) is 18. The summed E-state index contributed by atoms with van der Waals surface area (Å²) in [4.78, 5) is 98.0. The van der Waals surface area contributed by atoms with Crippen molar-refractivity contribution >= 4 is 125 Å². The Labute approximate surface area is 809 Å². The van der Waals surface area contributed by atoms with Crippen molar-refractivity contribution in [2.24, 2.45) is 47.3 Å². The third-order valence-electron chi connectivity index (χ3n) is 24.4. The van der Waals surface area contributed by atoms with Gasteiger partial charge in [0.2, 0.25) is 65.1 Å². The van der Waals surface area contributed by atoms with Crippen LogP contribution in [-0.4, -0.2) is 295 Å². The second kappa shape index (κ2) is 41.8. The average molecular weight is 2020 g/mol. The SMILES string of the molecule is Cc1ccc(S(=O)(=O)N(CCCC(=O)N(C)[C@H](CC(C)C)C(O)=N[C@H]2C(O)=N[C@@H](CC(N)=O)C(O)=N[C@H]3C(O)=N[C@@H]4C5=C/C(=C6/C(O)=CC(=O)C=C6[C@@H](C(=O)O)N=C(O)[C@@H](N=C4O)[C@H](O)c4ccc(c(Cl)c4)Oc4cc3cc(c4O[C@@H]3O[C@H](CO)[C@@H](O)[C@H](O)[C@H]3O[C@H]3C[C@](C)(N)[C@H](O)[C@H](C)O3)Oc3ccc(cc3Cl)[C@H]2O)C(=O)C=C5)C(O)=C2c3ccccc3N(CCCS(=O)(=O)O)c3ccccc32)cc1. The van der Waals surface area contributed by atoms with Crippen LogP contribution in [0, 0.1) is 12.8 Å². The lowest BCUT2D eigenvalue weighted by atomic mass is 9.83. The first kappa shape index (κ1) is 103. The summed E-state index contributed by atoms with van der Waals surface area (Å²) in [5, 5.41) is 182. The van der Waals surface area contributed by atoms with Crippen LogP contribution in [0.15, 0.2) is 220 Å². The number of ether oxygens (including phenoxy) is 6. The van der Waals surface area contributed by atoms with Crippen molar-refractivity contribution in [3.63, 3.8) is 0 Å². The van der Waals surface area contributed by atoms with Crippen LogP contribution in [0.1, 0.15) is 118 Å². The minimum absolute atomic E-state index is 0.0298. The lowest BCUT2D eigenvalue weighted by molar-refractivity contribution is -0.333. The molecule has 18 atom stereocenters. The number of nitrogens with two attached hydrogens (primary N) is 2. The number of para-hydroxylation sites is 2. The number of fused-ring (bicyclic) bond motifs is 12. The number of rotatable bonds is 24. The second-order valence-corrected chi connectivity index (χ2v) is 39.3. The van der Waals surface area contributed by atoms with Gasteiger partial charge in [0.05, 0.1) is 51.5 Å². The Bertz CT molecular complexity index is 6500. The van der Waals surface area contributed by atoms with Gasteiger partial charge in [-0.3, -0.25) is 23.7 Å². The van der Waals surface area contributed by atoms with E-state index in [1.54, 1.807) is 86.3 Å². The smallest absolute Gasteiger partial charge is 0.333 e. The van der Waals surface area contributed by atoms with Crippen molar-refractivity contribution < 1.29 is 150 Å². The molecule has 8 aliphatic heterocycles. The van der Waals surface area contributed by atoms with Gasteiger partial charge in [-0.25, -0.2) is 47.5 Å². The van der Waals surface area contributed by atoms with Gasteiger partial charge in [0.15, 0.2) is 65.7 Å². The molecule has 0 saturated carbocycles. The van der Waals surface area contributed by atoms with E-state index >= 15 is 13.2 Å². The molecule has 10 aliphatic rings. The summed E-state index contributed by atoms with van der Waals surface area (Å²) in [5.74, 6) is -20.0. The number of ketones is 2. The fourth-order valence-electron chi connectivity index (χ4n) is 17.2. The number of carbonyl (C=O) groups excluding carboxylic acids is 4. The number of likely N-dealkylation sites (N-methyl/N-ethyl adjacent to an activating group) is 1. The molecular formula is C94H101Cl2N11O31S2. The van der Waals surface area contributed by atoms with Crippen molar-refractivity contribution in [3.8, 4) is 28.7 Å². The number of amides is 2. The van der Waals surface area contributed by atoms with Gasteiger partial charge in [-0.2, -0.15) is 8.42 Å². The van der Waals surface area contributed by atoms with Crippen molar-refractivity contribution in [3.05, 3.63) is 229 Å². The Hall–Kier alpha value is -13.0. The Balaban J connectivity index is 0.919. The van der Waals surface area contributed by atoms with E-state index in [2.05, 4.69) is 30.0 Å². The molecule has 46 heteroatoms. The highest BCUT2D eigenvalue weighted by Gasteiger charge is 2.52. The number of aryl methyl sites for hydroxylation is 1. The summed E-state index contributed by atoms with van der Waals surface area (Å²) in [6, 6.07) is 11.6. The van der Waals surface area contributed by atoms with Gasteiger partial charge in [0, 0.05) is 83.8 Å². The number of carbonyl (C=O) groups is 5. The van der Waals surface area contributed by atoms with E-state index in [4.69, 9.17) is 63.1 Å². The molecule has 2 saturated heterocycles. The lowest BCUT2D eigenvalue weighted by Gasteiger charge is -2.47. The maximum Gasteiger partial charge on any atom is 0.333 e. The quantitative estimate of drug-likeness (QED) is 0.0117. The molecular weight excluding hydrogens is 1910 g/mol. The number of benzene rings is 6. The van der Waals surface area contributed by atoms with E-state index in [-0.39, 0.29) is 53.8 Å².